The van der Waals surface area contributed by atoms with E-state index < -0.39 is 15.9 Å². The molecule has 1 aliphatic rings. The van der Waals surface area contributed by atoms with Crippen LogP contribution in [0.1, 0.15) is 40.0 Å². The number of hydrogen-bond donors (Lipinski definition) is 2. The van der Waals surface area contributed by atoms with Crippen molar-refractivity contribution in [2.45, 2.75) is 24.2 Å². The van der Waals surface area contributed by atoms with Gasteiger partial charge in [0.15, 0.2) is 0 Å². The monoisotopic (exact) mass is 417 g/mol. The second-order valence-electron chi connectivity index (χ2n) is 6.77. The van der Waals surface area contributed by atoms with Gasteiger partial charge in [-0.1, -0.05) is 6.07 Å². The maximum absolute atomic E-state index is 12.9. The molecule has 0 atom stereocenters. The van der Waals surface area contributed by atoms with Crippen molar-refractivity contribution in [2.24, 2.45) is 5.73 Å². The van der Waals surface area contributed by atoms with E-state index in [-0.39, 0.29) is 27.6 Å². The number of benzene rings is 2. The first kappa shape index (κ1) is 20.7. The van der Waals surface area contributed by atoms with Gasteiger partial charge in [0.05, 0.1) is 17.6 Å². The Labute approximate surface area is 169 Å². The SMILES string of the molecule is COc1ccc(S(=O)(=O)Nc2cccc(C(N)=O)c2)cc1C(=O)N1CCCCC1. The fourth-order valence-electron chi connectivity index (χ4n) is 3.24. The Balaban J connectivity index is 1.92. The molecule has 0 aromatic heterocycles. The highest BCUT2D eigenvalue weighted by Crippen LogP contribution is 2.26. The molecule has 0 unspecified atom stereocenters. The lowest BCUT2D eigenvalue weighted by atomic mass is 10.1. The standard InChI is InChI=1S/C20H23N3O5S/c1-28-18-9-8-16(13-17(18)20(25)23-10-3-2-4-11-23)29(26,27)22-15-7-5-6-14(12-15)19(21)24/h5-9,12-13,22H,2-4,10-11H2,1H3,(H2,21,24). The van der Waals surface area contributed by atoms with Crippen LogP contribution in [0, 0.1) is 0 Å². The molecule has 1 saturated heterocycles. The van der Waals surface area contributed by atoms with Crippen molar-refractivity contribution in [3.8, 4) is 5.75 Å². The van der Waals surface area contributed by atoms with Gasteiger partial charge in [0.1, 0.15) is 5.75 Å². The van der Waals surface area contributed by atoms with Gasteiger partial charge in [-0.05, 0) is 55.7 Å². The quantitative estimate of drug-likeness (QED) is 0.747. The Morgan fingerprint density at radius 3 is 2.45 bits per heavy atom. The van der Waals surface area contributed by atoms with Crippen molar-refractivity contribution in [2.75, 3.05) is 24.9 Å². The third-order valence-corrected chi connectivity index (χ3v) is 6.13. The number of ether oxygens (including phenoxy) is 1. The number of rotatable bonds is 6. The molecule has 8 nitrogen and oxygen atoms in total. The number of primary amides is 1. The Kier molecular flexibility index (Phi) is 6.07. The number of anilines is 1. The van der Waals surface area contributed by atoms with Crippen LogP contribution in [0.25, 0.3) is 0 Å². The molecule has 0 bridgehead atoms. The van der Waals surface area contributed by atoms with Gasteiger partial charge < -0.3 is 15.4 Å². The molecule has 29 heavy (non-hydrogen) atoms. The molecule has 154 valence electrons. The molecule has 3 rings (SSSR count). The highest BCUT2D eigenvalue weighted by atomic mass is 32.2. The van der Waals surface area contributed by atoms with Crippen LogP contribution in [0.2, 0.25) is 0 Å². The summed E-state index contributed by atoms with van der Waals surface area (Å²) in [6.07, 6.45) is 2.91. The van der Waals surface area contributed by atoms with Crippen molar-refractivity contribution in [1.82, 2.24) is 4.90 Å². The number of nitrogens with one attached hydrogen (secondary N) is 1. The van der Waals surface area contributed by atoms with Crippen molar-refractivity contribution < 1.29 is 22.7 Å². The van der Waals surface area contributed by atoms with E-state index in [4.69, 9.17) is 10.5 Å². The number of nitrogens with zero attached hydrogens (tertiary/aromatic N) is 1. The maximum Gasteiger partial charge on any atom is 0.261 e. The summed E-state index contributed by atoms with van der Waals surface area (Å²) < 4.78 is 33.4. The molecule has 1 fully saturated rings. The van der Waals surface area contributed by atoms with Gasteiger partial charge >= 0.3 is 0 Å². The first-order valence-electron chi connectivity index (χ1n) is 9.22. The minimum atomic E-state index is -4.00. The van der Waals surface area contributed by atoms with E-state index in [0.29, 0.717) is 18.8 Å². The van der Waals surface area contributed by atoms with Crippen LogP contribution in [0.3, 0.4) is 0 Å². The summed E-state index contributed by atoms with van der Waals surface area (Å²) in [6.45, 7) is 1.27. The third-order valence-electron chi connectivity index (χ3n) is 4.75. The second kappa shape index (κ2) is 8.52. The molecule has 2 aromatic rings. The van der Waals surface area contributed by atoms with Gasteiger partial charge in [0, 0.05) is 24.3 Å². The van der Waals surface area contributed by atoms with Gasteiger partial charge in [-0.25, -0.2) is 8.42 Å². The van der Waals surface area contributed by atoms with Crippen molar-refractivity contribution in [3.05, 3.63) is 53.6 Å². The van der Waals surface area contributed by atoms with Crippen LogP contribution in [0.5, 0.6) is 5.75 Å². The molecular weight excluding hydrogens is 394 g/mol. The Bertz CT molecular complexity index is 1030. The van der Waals surface area contributed by atoms with Crippen molar-refractivity contribution in [1.29, 1.82) is 0 Å². The molecule has 9 heteroatoms. The highest BCUT2D eigenvalue weighted by Gasteiger charge is 2.24. The molecule has 0 aliphatic carbocycles. The summed E-state index contributed by atoms with van der Waals surface area (Å²) in [7, 11) is -2.56. The van der Waals surface area contributed by atoms with E-state index in [1.807, 2.05) is 0 Å². The Hall–Kier alpha value is -3.07. The third kappa shape index (κ3) is 4.68. The second-order valence-corrected chi connectivity index (χ2v) is 8.45. The van der Waals surface area contributed by atoms with E-state index in [1.54, 1.807) is 4.90 Å². The van der Waals surface area contributed by atoms with Crippen LogP contribution < -0.4 is 15.2 Å². The number of amides is 2. The van der Waals surface area contributed by atoms with Gasteiger partial charge in [-0.15, -0.1) is 0 Å². The number of nitrogens with two attached hydrogens (primary N) is 1. The van der Waals surface area contributed by atoms with E-state index in [0.717, 1.165) is 19.3 Å². The van der Waals surface area contributed by atoms with Crippen LogP contribution in [-0.2, 0) is 10.0 Å². The summed E-state index contributed by atoms with van der Waals surface area (Å²) in [4.78, 5) is 25.9. The Morgan fingerprint density at radius 1 is 1.07 bits per heavy atom. The molecular formula is C20H23N3O5S. The number of carbonyl (C=O) groups excluding carboxylic acids is 2. The van der Waals surface area contributed by atoms with Gasteiger partial charge in [0.25, 0.3) is 15.9 Å². The molecule has 0 saturated carbocycles. The van der Waals surface area contributed by atoms with Crippen molar-refractivity contribution >= 4 is 27.5 Å². The van der Waals surface area contributed by atoms with E-state index in [1.165, 1.54) is 49.6 Å². The molecule has 0 spiro atoms. The fourth-order valence-corrected chi connectivity index (χ4v) is 4.31. The molecule has 3 N–H and O–H groups in total. The summed E-state index contributed by atoms with van der Waals surface area (Å²) in [5.74, 6) is -0.602. The van der Waals surface area contributed by atoms with Crippen LogP contribution in [-0.4, -0.2) is 45.3 Å². The lowest BCUT2D eigenvalue weighted by Gasteiger charge is -2.27. The van der Waals surface area contributed by atoms with Crippen molar-refractivity contribution in [3.63, 3.8) is 0 Å². The number of carbonyl (C=O) groups is 2. The zero-order valence-corrected chi connectivity index (χ0v) is 16.9. The minimum absolute atomic E-state index is 0.0804. The smallest absolute Gasteiger partial charge is 0.261 e. The summed E-state index contributed by atoms with van der Waals surface area (Å²) in [6, 6.07) is 10.0. The normalized spacial score (nSPS) is 14.3. The van der Waals surface area contributed by atoms with Gasteiger partial charge in [0.2, 0.25) is 5.91 Å². The van der Waals surface area contributed by atoms with Crippen LogP contribution in [0.15, 0.2) is 47.4 Å². The number of sulfonamides is 1. The maximum atomic E-state index is 12.9. The largest absolute Gasteiger partial charge is 0.496 e. The zero-order chi connectivity index (χ0) is 21.0. The first-order valence-corrected chi connectivity index (χ1v) is 10.7. The predicted molar refractivity (Wildman–Crippen MR) is 109 cm³/mol. The van der Waals surface area contributed by atoms with E-state index in [2.05, 4.69) is 4.72 Å². The van der Waals surface area contributed by atoms with Gasteiger partial charge in [-0.2, -0.15) is 0 Å². The predicted octanol–water partition coefficient (Wildman–Crippen LogP) is 2.22. The summed E-state index contributed by atoms with van der Waals surface area (Å²) in [5.41, 5.74) is 5.82. The molecule has 1 heterocycles. The molecule has 1 aliphatic heterocycles. The summed E-state index contributed by atoms with van der Waals surface area (Å²) in [5, 5.41) is 0. The van der Waals surface area contributed by atoms with E-state index >= 15 is 0 Å². The molecule has 2 amide bonds. The van der Waals surface area contributed by atoms with Gasteiger partial charge in [-0.3, -0.25) is 14.3 Å². The first-order chi connectivity index (χ1) is 13.8. The number of piperidine rings is 1. The lowest BCUT2D eigenvalue weighted by molar-refractivity contribution is 0.0720. The number of likely N-dealkylation sites (tertiary alicyclic amines) is 1. The average Bonchev–Trinajstić information content (AvgIpc) is 2.73. The van der Waals surface area contributed by atoms with Crippen LogP contribution in [0.4, 0.5) is 5.69 Å². The molecule has 0 radical (unpaired) electrons. The number of methoxy groups -OCH3 is 1. The summed E-state index contributed by atoms with van der Waals surface area (Å²) >= 11 is 0. The van der Waals surface area contributed by atoms with E-state index in [9.17, 15) is 18.0 Å². The topological polar surface area (TPSA) is 119 Å². The lowest BCUT2D eigenvalue weighted by Crippen LogP contribution is -2.35. The Morgan fingerprint density at radius 2 is 1.79 bits per heavy atom. The fraction of sp³-hybridized carbons (Fsp3) is 0.300. The minimum Gasteiger partial charge on any atom is -0.496 e. The zero-order valence-electron chi connectivity index (χ0n) is 16.1. The molecule has 2 aromatic carbocycles. The average molecular weight is 417 g/mol. The van der Waals surface area contributed by atoms with Crippen LogP contribution >= 0.6 is 0 Å². The highest BCUT2D eigenvalue weighted by molar-refractivity contribution is 7.92. The number of hydrogen-bond acceptors (Lipinski definition) is 5.